The molecule has 0 saturated heterocycles. The predicted molar refractivity (Wildman–Crippen MR) is 120 cm³/mol. The lowest BCUT2D eigenvalue weighted by atomic mass is 9.46. The van der Waals surface area contributed by atoms with Crippen LogP contribution in [-0.2, 0) is 15.1 Å². The fourth-order valence-electron chi connectivity index (χ4n) is 5.52. The van der Waals surface area contributed by atoms with E-state index < -0.39 is 5.54 Å². The summed E-state index contributed by atoms with van der Waals surface area (Å²) in [4.78, 5) is 27.3. The monoisotopic (exact) mass is 494 g/mol. The molecule has 1 heterocycles. The first-order chi connectivity index (χ1) is 14.2. The molecule has 0 aromatic heterocycles. The van der Waals surface area contributed by atoms with E-state index in [2.05, 4.69) is 41.3 Å². The Hall–Kier alpha value is -1.53. The van der Waals surface area contributed by atoms with Gasteiger partial charge in [0.15, 0.2) is 0 Å². The lowest BCUT2D eigenvalue weighted by Crippen LogP contribution is -2.74. The number of halogens is 2. The number of ether oxygens (including phenoxy) is 1. The van der Waals surface area contributed by atoms with Gasteiger partial charge in [-0.15, -0.1) is 0 Å². The highest BCUT2D eigenvalue weighted by Gasteiger charge is 2.67. The van der Waals surface area contributed by atoms with E-state index in [1.54, 1.807) is 0 Å². The Labute approximate surface area is 191 Å². The Balaban J connectivity index is 1.73. The summed E-state index contributed by atoms with van der Waals surface area (Å²) in [6.07, 6.45) is 5.56. The third kappa shape index (κ3) is 3.01. The predicted octanol–water partition coefficient (Wildman–Crippen LogP) is 5.61. The van der Waals surface area contributed by atoms with E-state index in [-0.39, 0.29) is 35.3 Å². The molecule has 0 radical (unpaired) electrons. The number of amides is 2. The highest BCUT2D eigenvalue weighted by Crippen LogP contribution is 2.62. The van der Waals surface area contributed by atoms with Crippen molar-refractivity contribution >= 4 is 39.5 Å². The molecule has 5 nitrogen and oxygen atoms in total. The molecule has 1 aromatic rings. The molecule has 2 amide bonds. The Morgan fingerprint density at radius 1 is 1.47 bits per heavy atom. The number of methoxy groups -OCH3 is 1. The number of urea groups is 1. The van der Waals surface area contributed by atoms with E-state index >= 15 is 0 Å². The van der Waals surface area contributed by atoms with Gasteiger partial charge in [-0.2, -0.15) is 0 Å². The quantitative estimate of drug-likeness (QED) is 0.540. The second-order valence-electron chi connectivity index (χ2n) is 9.03. The molecule has 2 fully saturated rings. The molecule has 5 atom stereocenters. The third-order valence-electron chi connectivity index (χ3n) is 7.68. The molecule has 1 aliphatic heterocycles. The van der Waals surface area contributed by atoms with E-state index in [0.717, 1.165) is 34.9 Å². The molecule has 162 valence electrons. The number of hydrogen-bond acceptors (Lipinski definition) is 3. The average Bonchev–Trinajstić information content (AvgIpc) is 2.71. The largest absolute Gasteiger partial charge is 0.469 e. The number of carbonyl (C=O) groups is 2. The summed E-state index contributed by atoms with van der Waals surface area (Å²) in [5.74, 6) is 0.187. The minimum Gasteiger partial charge on any atom is -0.469 e. The van der Waals surface area contributed by atoms with Crippen molar-refractivity contribution in [1.29, 1.82) is 0 Å². The smallest absolute Gasteiger partial charge is 0.322 e. The van der Waals surface area contributed by atoms with Crippen LogP contribution in [0.4, 0.5) is 4.79 Å². The zero-order valence-corrected chi connectivity index (χ0v) is 20.1. The Morgan fingerprint density at radius 3 is 2.73 bits per heavy atom. The van der Waals surface area contributed by atoms with Crippen LogP contribution in [0.3, 0.4) is 0 Å². The van der Waals surface area contributed by atoms with Crippen molar-refractivity contribution in [2.45, 2.75) is 57.5 Å². The summed E-state index contributed by atoms with van der Waals surface area (Å²) in [5.41, 5.74) is 1.21. The number of nitrogens with one attached hydrogen (secondary N) is 1. The maximum absolute atomic E-state index is 13.4. The van der Waals surface area contributed by atoms with Crippen LogP contribution < -0.4 is 5.32 Å². The zero-order chi connectivity index (χ0) is 21.8. The van der Waals surface area contributed by atoms with Crippen LogP contribution in [0.15, 0.2) is 34.4 Å². The minimum absolute atomic E-state index is 0.101. The minimum atomic E-state index is -0.644. The fraction of sp³-hybridized carbons (Fsp3) is 0.565. The van der Waals surface area contributed by atoms with Gasteiger partial charge in [-0.05, 0) is 83.6 Å². The van der Waals surface area contributed by atoms with Crippen LogP contribution in [0.1, 0.15) is 52.0 Å². The molecule has 3 unspecified atom stereocenters. The van der Waals surface area contributed by atoms with Crippen LogP contribution in [0.5, 0.6) is 0 Å². The van der Waals surface area contributed by atoms with E-state index in [0.29, 0.717) is 11.4 Å². The van der Waals surface area contributed by atoms with Gasteiger partial charge < -0.3 is 10.1 Å². The number of rotatable bonds is 5. The number of fused-ring (bicyclic) bond motifs is 1. The van der Waals surface area contributed by atoms with Crippen LogP contribution in [0.25, 0.3) is 0 Å². The number of esters is 1. The van der Waals surface area contributed by atoms with Gasteiger partial charge in [0.2, 0.25) is 0 Å². The summed E-state index contributed by atoms with van der Waals surface area (Å²) in [6, 6.07) is 5.72. The summed E-state index contributed by atoms with van der Waals surface area (Å²) in [6.45, 7) is 6.39. The first kappa shape index (κ1) is 21.7. The molecule has 30 heavy (non-hydrogen) atoms. The van der Waals surface area contributed by atoms with Gasteiger partial charge in [-0.3, -0.25) is 9.69 Å². The molecule has 3 aliphatic rings. The van der Waals surface area contributed by atoms with Gasteiger partial charge in [0.1, 0.15) is 0 Å². The number of carbonyl (C=O) groups excluding carboxylic acids is 2. The van der Waals surface area contributed by atoms with Crippen molar-refractivity contribution in [2.75, 3.05) is 7.11 Å². The van der Waals surface area contributed by atoms with Gasteiger partial charge in [0.25, 0.3) is 0 Å². The van der Waals surface area contributed by atoms with Crippen molar-refractivity contribution in [1.82, 2.24) is 10.2 Å². The van der Waals surface area contributed by atoms with Crippen LogP contribution in [0, 0.1) is 17.8 Å². The van der Waals surface area contributed by atoms with E-state index in [1.807, 2.05) is 30.0 Å². The van der Waals surface area contributed by atoms with Crippen molar-refractivity contribution in [3.8, 4) is 0 Å². The Bertz CT molecular complexity index is 935. The molecule has 0 bridgehead atoms. The maximum atomic E-state index is 13.4. The summed E-state index contributed by atoms with van der Waals surface area (Å²) < 4.78 is 5.79. The summed E-state index contributed by atoms with van der Waals surface area (Å²) in [7, 11) is 1.43. The normalized spacial score (nSPS) is 33.5. The highest BCUT2D eigenvalue weighted by molar-refractivity contribution is 9.10. The zero-order valence-electron chi connectivity index (χ0n) is 17.8. The van der Waals surface area contributed by atoms with Crippen LogP contribution in [0.2, 0.25) is 5.02 Å². The molecule has 1 aromatic carbocycles. The van der Waals surface area contributed by atoms with Crippen molar-refractivity contribution in [3.05, 3.63) is 45.0 Å². The second kappa shape index (κ2) is 7.56. The highest BCUT2D eigenvalue weighted by atomic mass is 79.9. The summed E-state index contributed by atoms with van der Waals surface area (Å²) >= 11 is 9.83. The molecular weight excluding hydrogens is 468 g/mol. The maximum Gasteiger partial charge on any atom is 0.322 e. The molecule has 4 rings (SSSR count). The van der Waals surface area contributed by atoms with Gasteiger partial charge in [-0.25, -0.2) is 4.79 Å². The van der Waals surface area contributed by atoms with Crippen molar-refractivity contribution in [2.24, 2.45) is 17.8 Å². The van der Waals surface area contributed by atoms with Gasteiger partial charge in [-0.1, -0.05) is 31.5 Å². The lowest BCUT2D eigenvalue weighted by molar-refractivity contribution is -0.179. The lowest BCUT2D eigenvalue weighted by Gasteiger charge is -2.66. The molecule has 2 aliphatic carbocycles. The SMILES string of the molecule is CC[C@H](C)C1=CN(C23CCC2C(C(=O)OC)C3)C(=O)N[C@@]1(C)c1ccc(Br)c(Cl)c1. The van der Waals surface area contributed by atoms with Crippen molar-refractivity contribution < 1.29 is 14.3 Å². The van der Waals surface area contributed by atoms with E-state index in [4.69, 9.17) is 16.3 Å². The third-order valence-corrected chi connectivity index (χ3v) is 8.92. The van der Waals surface area contributed by atoms with Crippen molar-refractivity contribution in [3.63, 3.8) is 0 Å². The Kier molecular flexibility index (Phi) is 5.46. The fourth-order valence-corrected chi connectivity index (χ4v) is 5.95. The van der Waals surface area contributed by atoms with Gasteiger partial charge in [0.05, 0.1) is 29.1 Å². The molecule has 2 saturated carbocycles. The first-order valence-electron chi connectivity index (χ1n) is 10.5. The second-order valence-corrected chi connectivity index (χ2v) is 10.3. The number of hydrogen-bond donors (Lipinski definition) is 1. The van der Waals surface area contributed by atoms with Gasteiger partial charge in [0, 0.05) is 10.7 Å². The average molecular weight is 496 g/mol. The van der Waals surface area contributed by atoms with Crippen LogP contribution in [-0.4, -0.2) is 29.5 Å². The topological polar surface area (TPSA) is 58.6 Å². The van der Waals surface area contributed by atoms with E-state index in [9.17, 15) is 9.59 Å². The summed E-state index contributed by atoms with van der Waals surface area (Å²) in [5, 5.41) is 3.90. The Morgan fingerprint density at radius 2 is 2.20 bits per heavy atom. The number of benzene rings is 1. The molecule has 7 heteroatoms. The molecule has 0 spiro atoms. The first-order valence-corrected chi connectivity index (χ1v) is 11.7. The van der Waals surface area contributed by atoms with E-state index in [1.165, 1.54) is 7.11 Å². The molecular formula is C23H28BrClN2O3. The number of nitrogens with zero attached hydrogens (tertiary/aromatic N) is 1. The molecule has 1 N–H and O–H groups in total. The van der Waals surface area contributed by atoms with Crippen LogP contribution >= 0.6 is 27.5 Å². The standard InChI is InChI=1S/C23H28BrClN2O3/c1-5-13(2)17-12-27(23-9-8-16(23)15(11-23)20(28)30-4)21(29)26-22(17,3)14-6-7-18(24)19(25)10-14/h6-7,10,12-13,15-16H,5,8-9,11H2,1-4H3,(H,26,29)/t13-,15?,16?,22-,23?/m0/s1. The van der Waals surface area contributed by atoms with Gasteiger partial charge >= 0.3 is 12.0 Å².